The van der Waals surface area contributed by atoms with Gasteiger partial charge in [0.1, 0.15) is 11.3 Å². The third-order valence-corrected chi connectivity index (χ3v) is 4.39. The first-order valence-corrected chi connectivity index (χ1v) is 8.24. The molecule has 8 nitrogen and oxygen atoms in total. The fraction of sp³-hybridized carbons (Fsp3) is 0.294. The number of aromatic nitrogens is 4. The lowest BCUT2D eigenvalue weighted by molar-refractivity contribution is 0.0927. The van der Waals surface area contributed by atoms with Crippen molar-refractivity contribution in [3.8, 4) is 0 Å². The molecule has 1 aliphatic heterocycles. The zero-order valence-corrected chi connectivity index (χ0v) is 13.6. The lowest BCUT2D eigenvalue weighted by Gasteiger charge is -2.33. The van der Waals surface area contributed by atoms with Crippen LogP contribution >= 0.6 is 0 Å². The van der Waals surface area contributed by atoms with E-state index in [1.54, 1.807) is 16.8 Å². The van der Waals surface area contributed by atoms with Crippen molar-refractivity contribution in [1.82, 2.24) is 24.7 Å². The summed E-state index contributed by atoms with van der Waals surface area (Å²) in [6.07, 6.45) is 8.22. The Kier molecular flexibility index (Phi) is 3.93. The van der Waals surface area contributed by atoms with Gasteiger partial charge in [0, 0.05) is 37.7 Å². The van der Waals surface area contributed by atoms with E-state index in [9.17, 15) is 9.59 Å². The number of hydrogen-bond donors (Lipinski definition) is 2. The van der Waals surface area contributed by atoms with Crippen molar-refractivity contribution in [3.63, 3.8) is 0 Å². The van der Waals surface area contributed by atoms with Gasteiger partial charge < -0.3 is 15.2 Å². The monoisotopic (exact) mass is 338 g/mol. The first kappa shape index (κ1) is 15.4. The average Bonchev–Trinajstić information content (AvgIpc) is 3.06. The average molecular weight is 338 g/mol. The molecule has 128 valence electrons. The SMILES string of the molecule is O=C(N[C@H]1CCCN(c2ncc[nH]c2=O)C1)c1cnc2ccccn12. The smallest absolute Gasteiger partial charge is 0.290 e. The molecular formula is C17H18N6O2. The number of carbonyl (C=O) groups excluding carboxylic acids is 1. The molecule has 0 radical (unpaired) electrons. The molecule has 2 N–H and O–H groups in total. The van der Waals surface area contributed by atoms with E-state index in [1.807, 2.05) is 29.3 Å². The molecular weight excluding hydrogens is 320 g/mol. The van der Waals surface area contributed by atoms with E-state index in [-0.39, 0.29) is 17.5 Å². The van der Waals surface area contributed by atoms with Crippen molar-refractivity contribution >= 4 is 17.4 Å². The molecule has 0 aliphatic carbocycles. The van der Waals surface area contributed by atoms with Gasteiger partial charge in [-0.2, -0.15) is 0 Å². The Balaban J connectivity index is 1.50. The Morgan fingerprint density at radius 1 is 1.32 bits per heavy atom. The van der Waals surface area contributed by atoms with E-state index in [2.05, 4.69) is 20.3 Å². The van der Waals surface area contributed by atoms with Gasteiger partial charge in [0.05, 0.1) is 6.20 Å². The van der Waals surface area contributed by atoms with Gasteiger partial charge in [0.2, 0.25) is 0 Å². The second-order valence-electron chi connectivity index (χ2n) is 6.07. The number of H-pyrrole nitrogens is 1. The highest BCUT2D eigenvalue weighted by Crippen LogP contribution is 2.15. The summed E-state index contributed by atoms with van der Waals surface area (Å²) in [6, 6.07) is 5.55. The molecule has 3 aromatic heterocycles. The van der Waals surface area contributed by atoms with E-state index in [4.69, 9.17) is 0 Å². The van der Waals surface area contributed by atoms with Crippen LogP contribution < -0.4 is 15.8 Å². The van der Waals surface area contributed by atoms with Gasteiger partial charge in [-0.3, -0.25) is 14.0 Å². The van der Waals surface area contributed by atoms with Gasteiger partial charge in [0.15, 0.2) is 5.82 Å². The maximum absolute atomic E-state index is 12.6. The number of piperidine rings is 1. The van der Waals surface area contributed by atoms with E-state index < -0.39 is 0 Å². The van der Waals surface area contributed by atoms with E-state index >= 15 is 0 Å². The Morgan fingerprint density at radius 2 is 2.24 bits per heavy atom. The molecule has 25 heavy (non-hydrogen) atoms. The van der Waals surface area contributed by atoms with Crippen LogP contribution in [0.4, 0.5) is 5.82 Å². The third kappa shape index (κ3) is 2.98. The highest BCUT2D eigenvalue weighted by Gasteiger charge is 2.25. The molecule has 1 atom stereocenters. The fourth-order valence-corrected chi connectivity index (χ4v) is 3.22. The number of carbonyl (C=O) groups is 1. The lowest BCUT2D eigenvalue weighted by atomic mass is 10.1. The summed E-state index contributed by atoms with van der Waals surface area (Å²) >= 11 is 0. The van der Waals surface area contributed by atoms with Crippen molar-refractivity contribution in [1.29, 1.82) is 0 Å². The number of hydrogen-bond acceptors (Lipinski definition) is 5. The maximum atomic E-state index is 12.6. The molecule has 1 fully saturated rings. The number of pyridine rings is 1. The molecule has 0 unspecified atom stereocenters. The van der Waals surface area contributed by atoms with Gasteiger partial charge in [-0.05, 0) is 25.0 Å². The predicted octanol–water partition coefficient (Wildman–Crippen LogP) is 0.816. The summed E-state index contributed by atoms with van der Waals surface area (Å²) in [4.78, 5) is 37.5. The zero-order valence-electron chi connectivity index (χ0n) is 13.6. The van der Waals surface area contributed by atoms with Crippen LogP contribution in [0.5, 0.6) is 0 Å². The van der Waals surface area contributed by atoms with Crippen molar-refractivity contribution in [2.24, 2.45) is 0 Å². The van der Waals surface area contributed by atoms with Crippen LogP contribution in [0.3, 0.4) is 0 Å². The van der Waals surface area contributed by atoms with Crippen molar-refractivity contribution in [3.05, 3.63) is 59.0 Å². The van der Waals surface area contributed by atoms with Crippen molar-refractivity contribution in [2.45, 2.75) is 18.9 Å². The Hall–Kier alpha value is -3.16. The topological polar surface area (TPSA) is 95.4 Å². The number of nitrogens with one attached hydrogen (secondary N) is 2. The number of anilines is 1. The van der Waals surface area contributed by atoms with Gasteiger partial charge in [-0.25, -0.2) is 9.97 Å². The Morgan fingerprint density at radius 3 is 3.12 bits per heavy atom. The molecule has 3 aromatic rings. The summed E-state index contributed by atoms with van der Waals surface area (Å²) in [7, 11) is 0. The van der Waals surface area contributed by atoms with E-state index in [0.717, 1.165) is 25.0 Å². The van der Waals surface area contributed by atoms with E-state index in [1.165, 1.54) is 6.20 Å². The number of fused-ring (bicyclic) bond motifs is 1. The largest absolute Gasteiger partial charge is 0.350 e. The summed E-state index contributed by atoms with van der Waals surface area (Å²) in [5.41, 5.74) is 1.03. The van der Waals surface area contributed by atoms with Crippen LogP contribution in [0.25, 0.3) is 5.65 Å². The number of imidazole rings is 1. The number of nitrogens with zero attached hydrogens (tertiary/aromatic N) is 4. The minimum Gasteiger partial charge on any atom is -0.350 e. The van der Waals surface area contributed by atoms with Gasteiger partial charge >= 0.3 is 0 Å². The second-order valence-corrected chi connectivity index (χ2v) is 6.07. The Labute approximate surface area is 143 Å². The minimum atomic E-state index is -0.212. The molecule has 1 aliphatic rings. The molecule has 0 saturated carbocycles. The number of amides is 1. The highest BCUT2D eigenvalue weighted by molar-refractivity contribution is 5.93. The van der Waals surface area contributed by atoms with Gasteiger partial charge in [-0.1, -0.05) is 6.07 Å². The normalized spacial score (nSPS) is 17.6. The van der Waals surface area contributed by atoms with Crippen LogP contribution in [0, 0.1) is 0 Å². The van der Waals surface area contributed by atoms with Crippen LogP contribution in [-0.4, -0.2) is 44.4 Å². The molecule has 8 heteroatoms. The van der Waals surface area contributed by atoms with Crippen LogP contribution in [0.2, 0.25) is 0 Å². The highest BCUT2D eigenvalue weighted by atomic mass is 16.2. The summed E-state index contributed by atoms with van der Waals surface area (Å²) in [5, 5.41) is 3.05. The maximum Gasteiger partial charge on any atom is 0.290 e. The molecule has 0 aromatic carbocycles. The minimum absolute atomic E-state index is 0.0445. The second kappa shape index (κ2) is 6.39. The molecule has 4 rings (SSSR count). The zero-order chi connectivity index (χ0) is 17.2. The first-order chi connectivity index (χ1) is 12.2. The van der Waals surface area contributed by atoms with Crippen LogP contribution in [-0.2, 0) is 0 Å². The molecule has 4 heterocycles. The van der Waals surface area contributed by atoms with Crippen LogP contribution in [0.1, 0.15) is 23.3 Å². The summed E-state index contributed by atoms with van der Waals surface area (Å²) in [5.74, 6) is 0.233. The molecule has 1 saturated heterocycles. The fourth-order valence-electron chi connectivity index (χ4n) is 3.22. The molecule has 0 bridgehead atoms. The first-order valence-electron chi connectivity index (χ1n) is 8.24. The summed E-state index contributed by atoms with van der Waals surface area (Å²) < 4.78 is 1.76. The summed E-state index contributed by atoms with van der Waals surface area (Å²) in [6.45, 7) is 1.31. The Bertz CT molecular complexity index is 963. The quantitative estimate of drug-likeness (QED) is 0.737. The van der Waals surface area contributed by atoms with Gasteiger partial charge in [-0.15, -0.1) is 0 Å². The lowest BCUT2D eigenvalue weighted by Crippen LogP contribution is -2.49. The molecule has 0 spiro atoms. The van der Waals surface area contributed by atoms with Gasteiger partial charge in [0.25, 0.3) is 11.5 Å². The van der Waals surface area contributed by atoms with Crippen LogP contribution in [0.15, 0.2) is 47.8 Å². The van der Waals surface area contributed by atoms with Crippen molar-refractivity contribution in [2.75, 3.05) is 18.0 Å². The number of aromatic amines is 1. The standard InChI is InChI=1S/C17H18N6O2/c24-16(13-10-20-14-5-1-2-9-23(13)14)21-12-4-3-8-22(11-12)15-17(25)19-7-6-18-15/h1-2,5-7,9-10,12H,3-4,8,11H2,(H,19,25)(H,21,24)/t12-/m0/s1. The van der Waals surface area contributed by atoms with Crippen molar-refractivity contribution < 1.29 is 4.79 Å². The third-order valence-electron chi connectivity index (χ3n) is 4.39. The predicted molar refractivity (Wildman–Crippen MR) is 92.8 cm³/mol. The molecule has 1 amide bonds. The number of rotatable bonds is 3. The van der Waals surface area contributed by atoms with E-state index in [0.29, 0.717) is 18.1 Å².